The van der Waals surface area contributed by atoms with Gasteiger partial charge in [-0.25, -0.2) is 13.6 Å². The van der Waals surface area contributed by atoms with Crippen LogP contribution in [0.15, 0.2) is 72.9 Å². The number of aliphatic carboxylic acids is 2. The van der Waals surface area contributed by atoms with Crippen LogP contribution in [0.2, 0.25) is 0 Å². The molecule has 4 rings (SSSR count). The molecular formula is C43H49F5N4O9S. The summed E-state index contributed by atoms with van der Waals surface area (Å²) >= 11 is 1.24. The second-order valence-electron chi connectivity index (χ2n) is 15.4. The third kappa shape index (κ3) is 15.3. The number of benzene rings is 2. The summed E-state index contributed by atoms with van der Waals surface area (Å²) in [5.41, 5.74) is 7.66. The number of halogens is 5. The van der Waals surface area contributed by atoms with Crippen molar-refractivity contribution in [2.75, 3.05) is 31.1 Å². The fourth-order valence-electron chi connectivity index (χ4n) is 6.57. The van der Waals surface area contributed by atoms with Gasteiger partial charge in [-0.1, -0.05) is 51.1 Å². The molecule has 0 saturated heterocycles. The van der Waals surface area contributed by atoms with E-state index in [2.05, 4.69) is 0 Å². The zero-order valence-electron chi connectivity index (χ0n) is 34.3. The molecule has 62 heavy (non-hydrogen) atoms. The van der Waals surface area contributed by atoms with E-state index in [4.69, 9.17) is 15.6 Å². The molecular weight excluding hydrogens is 844 g/mol. The molecule has 4 N–H and O–H groups in total. The third-order valence-corrected chi connectivity index (χ3v) is 10.5. The SMILES string of the molecule is CC(C)(C)[C@H](c1cc(-c2cc(F)ccc2F)cn1Cc1ccccc1)N(CCCN)C(=O)CSCCC(=O)C[C@H](CCC(=O)CN1C(=O)C=CC1=O)C(=O)O.O=C(O)C(F)(F)F. The van der Waals surface area contributed by atoms with Crippen molar-refractivity contribution in [2.24, 2.45) is 17.1 Å². The number of nitrogens with two attached hydrogens (primary N) is 1. The number of hydrogen-bond donors (Lipinski definition) is 3. The minimum absolute atomic E-state index is 0.00606. The maximum Gasteiger partial charge on any atom is 0.490 e. The largest absolute Gasteiger partial charge is 0.490 e. The van der Waals surface area contributed by atoms with E-state index < -0.39 is 71.3 Å². The van der Waals surface area contributed by atoms with E-state index in [1.54, 1.807) is 17.2 Å². The van der Waals surface area contributed by atoms with E-state index >= 15 is 4.39 Å². The van der Waals surface area contributed by atoms with Crippen molar-refractivity contribution in [1.29, 1.82) is 0 Å². The molecule has 0 fully saturated rings. The van der Waals surface area contributed by atoms with Crippen LogP contribution in [0.1, 0.15) is 70.2 Å². The molecule has 2 heterocycles. The lowest BCUT2D eigenvalue weighted by molar-refractivity contribution is -0.192. The average molecular weight is 893 g/mol. The summed E-state index contributed by atoms with van der Waals surface area (Å²) in [7, 11) is 0. The first-order chi connectivity index (χ1) is 29.0. The van der Waals surface area contributed by atoms with Gasteiger partial charge < -0.3 is 25.4 Å². The first kappa shape index (κ1) is 50.7. The van der Waals surface area contributed by atoms with E-state index in [1.165, 1.54) is 11.8 Å². The molecule has 0 bridgehead atoms. The Kier molecular flexibility index (Phi) is 18.8. The van der Waals surface area contributed by atoms with Crippen molar-refractivity contribution in [1.82, 2.24) is 14.4 Å². The summed E-state index contributed by atoms with van der Waals surface area (Å²) in [6, 6.07) is 14.3. The lowest BCUT2D eigenvalue weighted by Crippen LogP contribution is -2.44. The molecule has 13 nitrogen and oxygen atoms in total. The summed E-state index contributed by atoms with van der Waals surface area (Å²) < 4.78 is 63.1. The van der Waals surface area contributed by atoms with Gasteiger partial charge in [-0.15, -0.1) is 0 Å². The van der Waals surface area contributed by atoms with Crippen molar-refractivity contribution in [2.45, 2.75) is 71.6 Å². The van der Waals surface area contributed by atoms with Crippen LogP contribution in [0.25, 0.3) is 11.1 Å². The number of aromatic nitrogens is 1. The molecule has 1 aliphatic heterocycles. The molecule has 0 spiro atoms. The quantitative estimate of drug-likeness (QED) is 0.0605. The highest BCUT2D eigenvalue weighted by molar-refractivity contribution is 7.99. The number of carboxylic acids is 2. The number of carbonyl (C=O) groups excluding carboxylic acids is 5. The molecule has 3 aromatic rings. The molecule has 19 heteroatoms. The molecule has 336 valence electrons. The molecule has 0 radical (unpaired) electrons. The number of rotatable bonds is 21. The van der Waals surface area contributed by atoms with Gasteiger partial charge >= 0.3 is 18.1 Å². The van der Waals surface area contributed by atoms with Gasteiger partial charge in [0, 0.05) is 73.3 Å². The van der Waals surface area contributed by atoms with Crippen molar-refractivity contribution < 1.29 is 65.7 Å². The number of nitrogens with zero attached hydrogens (tertiary/aromatic N) is 3. The number of Topliss-reactive ketones (excluding diaryl/α,β-unsaturated/α-hetero) is 2. The van der Waals surface area contributed by atoms with E-state index in [9.17, 15) is 51.4 Å². The Hall–Kier alpha value is -5.69. The molecule has 2 atom stereocenters. The molecule has 3 amide bonds. The summed E-state index contributed by atoms with van der Waals surface area (Å²) in [5.74, 6) is -8.24. The number of ketones is 2. The molecule has 2 aromatic carbocycles. The number of hydrogen-bond acceptors (Lipinski definition) is 9. The van der Waals surface area contributed by atoms with Gasteiger partial charge in [0.25, 0.3) is 11.8 Å². The summed E-state index contributed by atoms with van der Waals surface area (Å²) in [4.78, 5) is 86.0. The Morgan fingerprint density at radius 2 is 1.52 bits per heavy atom. The Balaban J connectivity index is 0.00000134. The lowest BCUT2D eigenvalue weighted by atomic mass is 9.83. The third-order valence-electron chi connectivity index (χ3n) is 9.52. The Labute approximate surface area is 359 Å². The maximum absolute atomic E-state index is 15.1. The van der Waals surface area contributed by atoms with Gasteiger partial charge in [0.1, 0.15) is 17.4 Å². The van der Waals surface area contributed by atoms with E-state index in [1.807, 2.05) is 55.7 Å². The van der Waals surface area contributed by atoms with Crippen LogP contribution in [0, 0.1) is 23.0 Å². The molecule has 0 saturated carbocycles. The van der Waals surface area contributed by atoms with Crippen LogP contribution in [-0.2, 0) is 40.1 Å². The minimum atomic E-state index is -5.08. The zero-order valence-corrected chi connectivity index (χ0v) is 35.1. The highest BCUT2D eigenvalue weighted by Gasteiger charge is 2.39. The van der Waals surface area contributed by atoms with Gasteiger partial charge in [0.05, 0.1) is 24.3 Å². The summed E-state index contributed by atoms with van der Waals surface area (Å²) in [6.45, 7) is 6.62. The van der Waals surface area contributed by atoms with Crippen LogP contribution in [0.5, 0.6) is 0 Å². The van der Waals surface area contributed by atoms with Crippen LogP contribution in [0.3, 0.4) is 0 Å². The normalized spacial score (nSPS) is 13.7. The fourth-order valence-corrected chi connectivity index (χ4v) is 7.42. The molecule has 0 unspecified atom stereocenters. The van der Waals surface area contributed by atoms with E-state index in [-0.39, 0.29) is 54.4 Å². The first-order valence-electron chi connectivity index (χ1n) is 19.4. The van der Waals surface area contributed by atoms with Gasteiger partial charge in [0.15, 0.2) is 5.78 Å². The van der Waals surface area contributed by atoms with Crippen LogP contribution < -0.4 is 5.73 Å². The number of carbonyl (C=O) groups is 7. The van der Waals surface area contributed by atoms with Crippen molar-refractivity contribution in [3.63, 3.8) is 0 Å². The summed E-state index contributed by atoms with van der Waals surface area (Å²) in [5, 5.41) is 16.8. The fraction of sp³-hybridized carbons (Fsp3) is 0.419. The summed E-state index contributed by atoms with van der Waals surface area (Å²) in [6.07, 6.45) is -1.33. The second kappa shape index (κ2) is 23.0. The minimum Gasteiger partial charge on any atom is -0.481 e. The topological polar surface area (TPSA) is 197 Å². The second-order valence-corrected chi connectivity index (χ2v) is 16.6. The van der Waals surface area contributed by atoms with Gasteiger partial charge in [-0.05, 0) is 54.6 Å². The smallest absolute Gasteiger partial charge is 0.481 e. The van der Waals surface area contributed by atoms with E-state index in [0.29, 0.717) is 31.6 Å². The first-order valence-corrected chi connectivity index (χ1v) is 20.6. The Bertz CT molecular complexity index is 2100. The zero-order chi connectivity index (χ0) is 46.4. The van der Waals surface area contributed by atoms with Gasteiger partial charge in [-0.2, -0.15) is 24.9 Å². The number of thioether (sulfide) groups is 1. The highest BCUT2D eigenvalue weighted by atomic mass is 32.2. The van der Waals surface area contributed by atoms with Crippen molar-refractivity contribution >= 4 is 53.0 Å². The maximum atomic E-state index is 15.1. The number of amides is 3. The Morgan fingerprint density at radius 1 is 0.887 bits per heavy atom. The lowest BCUT2D eigenvalue weighted by Gasteiger charge is -2.41. The highest BCUT2D eigenvalue weighted by Crippen LogP contribution is 2.41. The molecule has 0 aliphatic carbocycles. The Morgan fingerprint density at radius 3 is 2.08 bits per heavy atom. The predicted molar refractivity (Wildman–Crippen MR) is 219 cm³/mol. The average Bonchev–Trinajstić information content (AvgIpc) is 3.74. The molecule has 1 aromatic heterocycles. The van der Waals surface area contributed by atoms with Crippen LogP contribution in [0.4, 0.5) is 22.0 Å². The van der Waals surface area contributed by atoms with Crippen LogP contribution >= 0.6 is 11.8 Å². The predicted octanol–water partition coefficient (Wildman–Crippen LogP) is 6.44. The number of alkyl halides is 3. The number of imide groups is 1. The van der Waals surface area contributed by atoms with Crippen molar-refractivity contribution in [3.8, 4) is 11.1 Å². The van der Waals surface area contributed by atoms with Crippen LogP contribution in [-0.4, -0.2) is 103 Å². The molecule has 1 aliphatic rings. The van der Waals surface area contributed by atoms with Gasteiger partial charge in [0.2, 0.25) is 5.91 Å². The monoisotopic (exact) mass is 892 g/mol. The van der Waals surface area contributed by atoms with Crippen molar-refractivity contribution in [3.05, 3.63) is 95.8 Å². The van der Waals surface area contributed by atoms with E-state index in [0.717, 1.165) is 46.5 Å². The van der Waals surface area contributed by atoms with Gasteiger partial charge in [-0.3, -0.25) is 33.7 Å². The standard InChI is InChI=1S/C41H48F2N4O7S.C2HF3O2/c1-41(2,3)39(35-21-29(33-22-30(42)11-13-34(33)43)24-45(35)23-27-8-5-4-6-9-27)46(18-7-17-44)38(52)26-55-19-16-31(48)20-28(40(53)54)10-12-32(49)25-47-36(50)14-15-37(47)51;3-2(4,5)1(6)7/h4-6,8-9,11,13-15,21-22,24,28,39H,7,10,12,16-20,23,25-26,44H2,1-3H3,(H,53,54);(H,6,7)/t28-,39-;/m0./s1. The number of carboxylic acid groups (broad SMARTS) is 2.